The van der Waals surface area contributed by atoms with Gasteiger partial charge in [-0.3, -0.25) is 9.48 Å². The van der Waals surface area contributed by atoms with Crippen molar-refractivity contribution in [3.63, 3.8) is 0 Å². The molecule has 0 fully saturated rings. The normalized spacial score (nSPS) is 11.0. The summed E-state index contributed by atoms with van der Waals surface area (Å²) >= 11 is 1.57. The highest BCUT2D eigenvalue weighted by Crippen LogP contribution is 2.22. The van der Waals surface area contributed by atoms with E-state index in [9.17, 15) is 4.79 Å². The molecule has 0 aliphatic carbocycles. The van der Waals surface area contributed by atoms with Crippen molar-refractivity contribution in [2.24, 2.45) is 7.05 Å². The van der Waals surface area contributed by atoms with Gasteiger partial charge in [-0.2, -0.15) is 5.10 Å². The summed E-state index contributed by atoms with van der Waals surface area (Å²) in [6.45, 7) is 4.03. The summed E-state index contributed by atoms with van der Waals surface area (Å²) in [5.41, 5.74) is 5.26. The van der Waals surface area contributed by atoms with Gasteiger partial charge in [-0.05, 0) is 31.5 Å². The first-order valence-electron chi connectivity index (χ1n) is 6.77. The van der Waals surface area contributed by atoms with Crippen LogP contribution >= 0.6 is 11.3 Å². The lowest BCUT2D eigenvalue weighted by molar-refractivity contribution is 0.102. The Labute approximate surface area is 126 Å². The van der Waals surface area contributed by atoms with Crippen LogP contribution in [-0.4, -0.2) is 20.7 Å². The van der Waals surface area contributed by atoms with Crippen LogP contribution in [0, 0.1) is 6.92 Å². The van der Waals surface area contributed by atoms with Gasteiger partial charge in [0.25, 0.3) is 5.91 Å². The highest BCUT2D eigenvalue weighted by molar-refractivity contribution is 7.16. The van der Waals surface area contributed by atoms with Crippen LogP contribution in [0.2, 0.25) is 0 Å². The maximum absolute atomic E-state index is 12.4. The van der Waals surface area contributed by atoms with E-state index < -0.39 is 0 Å². The molecular formula is C15H16N4OS. The fraction of sp³-hybridized carbons (Fsp3) is 0.267. The second-order valence-electron chi connectivity index (χ2n) is 4.89. The molecule has 2 aromatic heterocycles. The average Bonchev–Trinajstić information content (AvgIpc) is 3.05. The van der Waals surface area contributed by atoms with Crippen LogP contribution in [0.15, 0.2) is 23.7 Å². The summed E-state index contributed by atoms with van der Waals surface area (Å²) in [6, 6.07) is 5.56. The lowest BCUT2D eigenvalue weighted by atomic mass is 10.2. The minimum atomic E-state index is -0.140. The Morgan fingerprint density at radius 2 is 2.24 bits per heavy atom. The number of benzene rings is 1. The number of thiazole rings is 1. The summed E-state index contributed by atoms with van der Waals surface area (Å²) in [6.07, 6.45) is 0.848. The molecule has 3 rings (SSSR count). The van der Waals surface area contributed by atoms with Crippen molar-refractivity contribution in [3.05, 3.63) is 40.5 Å². The third-order valence-corrected chi connectivity index (χ3v) is 4.35. The fourth-order valence-corrected chi connectivity index (χ4v) is 3.03. The Hall–Kier alpha value is -2.21. The van der Waals surface area contributed by atoms with Gasteiger partial charge in [0.15, 0.2) is 0 Å². The maximum Gasteiger partial charge on any atom is 0.256 e. The number of aryl methyl sites for hydroxylation is 2. The molecule has 5 nitrogen and oxygen atoms in total. The quantitative estimate of drug-likeness (QED) is 0.808. The van der Waals surface area contributed by atoms with Crippen molar-refractivity contribution in [2.45, 2.75) is 20.3 Å². The molecule has 0 unspecified atom stereocenters. The van der Waals surface area contributed by atoms with Gasteiger partial charge in [0.05, 0.1) is 21.4 Å². The number of hydrogen-bond donors (Lipinski definition) is 1. The summed E-state index contributed by atoms with van der Waals surface area (Å²) in [5, 5.41) is 7.35. The number of hydrogen-bond acceptors (Lipinski definition) is 4. The first kappa shape index (κ1) is 13.8. The molecule has 0 saturated carbocycles. The Balaban J connectivity index is 1.90. The lowest BCUT2D eigenvalue weighted by Gasteiger charge is -2.07. The summed E-state index contributed by atoms with van der Waals surface area (Å²) in [4.78, 5) is 16.6. The van der Waals surface area contributed by atoms with E-state index in [2.05, 4.69) is 22.3 Å². The van der Waals surface area contributed by atoms with E-state index in [1.54, 1.807) is 21.5 Å². The molecule has 21 heavy (non-hydrogen) atoms. The predicted octanol–water partition coefficient (Wildman–Crippen LogP) is 3.15. The number of nitrogens with zero attached hydrogens (tertiary/aromatic N) is 3. The summed E-state index contributed by atoms with van der Waals surface area (Å²) < 4.78 is 2.80. The predicted molar refractivity (Wildman–Crippen MR) is 84.9 cm³/mol. The Bertz CT molecular complexity index is 818. The molecule has 108 valence electrons. The molecule has 0 bridgehead atoms. The zero-order valence-electron chi connectivity index (χ0n) is 12.2. The largest absolute Gasteiger partial charge is 0.307 e. The Morgan fingerprint density at radius 3 is 2.95 bits per heavy atom. The second-order valence-corrected chi connectivity index (χ2v) is 5.77. The van der Waals surface area contributed by atoms with E-state index in [-0.39, 0.29) is 5.91 Å². The molecular weight excluding hydrogens is 284 g/mol. The molecule has 3 aromatic rings. The molecule has 6 heteroatoms. The number of anilines is 1. The average molecular weight is 300 g/mol. The molecule has 0 radical (unpaired) electrons. The topological polar surface area (TPSA) is 59.8 Å². The van der Waals surface area contributed by atoms with Crippen molar-refractivity contribution >= 4 is 33.3 Å². The summed E-state index contributed by atoms with van der Waals surface area (Å²) in [7, 11) is 1.84. The van der Waals surface area contributed by atoms with Gasteiger partial charge >= 0.3 is 0 Å². The smallest absolute Gasteiger partial charge is 0.256 e. The second kappa shape index (κ2) is 5.29. The molecule has 0 aliphatic heterocycles. The van der Waals surface area contributed by atoms with Gasteiger partial charge in [0, 0.05) is 18.2 Å². The zero-order valence-corrected chi connectivity index (χ0v) is 13.0. The third-order valence-electron chi connectivity index (χ3n) is 3.54. The van der Waals surface area contributed by atoms with Crippen LogP contribution in [0.3, 0.4) is 0 Å². The number of rotatable bonds is 3. The molecule has 0 spiro atoms. The highest BCUT2D eigenvalue weighted by Gasteiger charge is 2.15. The standard InChI is InChI=1S/C15H16N4OS/c1-4-11-9(2)14(19(3)18-11)17-15(20)10-5-6-13-12(7-10)16-8-21-13/h5-8H,4H2,1-3H3,(H,17,20). The van der Waals surface area contributed by atoms with Crippen LogP contribution in [0.1, 0.15) is 28.5 Å². The monoisotopic (exact) mass is 300 g/mol. The SMILES string of the molecule is CCc1nn(C)c(NC(=O)c2ccc3scnc3c2)c1C. The number of aromatic nitrogens is 3. The summed E-state index contributed by atoms with van der Waals surface area (Å²) in [5.74, 6) is 0.605. The van der Waals surface area contributed by atoms with Gasteiger partial charge in [-0.1, -0.05) is 6.92 Å². The van der Waals surface area contributed by atoms with E-state index in [0.29, 0.717) is 5.56 Å². The van der Waals surface area contributed by atoms with Gasteiger partial charge in [-0.15, -0.1) is 11.3 Å². The van der Waals surface area contributed by atoms with Crippen molar-refractivity contribution in [1.29, 1.82) is 0 Å². The van der Waals surface area contributed by atoms with Crippen LogP contribution < -0.4 is 5.32 Å². The van der Waals surface area contributed by atoms with Crippen LogP contribution in [0.4, 0.5) is 5.82 Å². The molecule has 1 N–H and O–H groups in total. The number of carbonyl (C=O) groups is 1. The number of carbonyl (C=O) groups excluding carboxylic acids is 1. The molecule has 1 aromatic carbocycles. The van der Waals surface area contributed by atoms with Crippen LogP contribution in [-0.2, 0) is 13.5 Å². The first-order chi connectivity index (χ1) is 10.1. The van der Waals surface area contributed by atoms with Crippen LogP contribution in [0.5, 0.6) is 0 Å². The van der Waals surface area contributed by atoms with Gasteiger partial charge in [0.1, 0.15) is 5.82 Å². The molecule has 0 atom stereocenters. The molecule has 2 heterocycles. The molecule has 1 amide bonds. The molecule has 0 aliphatic rings. The van der Waals surface area contributed by atoms with Gasteiger partial charge in [-0.25, -0.2) is 4.98 Å². The van der Waals surface area contributed by atoms with E-state index in [1.807, 2.05) is 32.2 Å². The van der Waals surface area contributed by atoms with E-state index in [1.165, 1.54) is 0 Å². The minimum Gasteiger partial charge on any atom is -0.307 e. The zero-order chi connectivity index (χ0) is 15.0. The highest BCUT2D eigenvalue weighted by atomic mass is 32.1. The Morgan fingerprint density at radius 1 is 1.43 bits per heavy atom. The minimum absolute atomic E-state index is 0.140. The van der Waals surface area contributed by atoms with Crippen molar-refractivity contribution in [2.75, 3.05) is 5.32 Å². The van der Waals surface area contributed by atoms with Gasteiger partial charge in [0.2, 0.25) is 0 Å². The number of fused-ring (bicyclic) bond motifs is 1. The first-order valence-corrected chi connectivity index (χ1v) is 7.65. The van der Waals surface area contributed by atoms with E-state index >= 15 is 0 Å². The van der Waals surface area contributed by atoms with Crippen LogP contribution in [0.25, 0.3) is 10.2 Å². The Kier molecular flexibility index (Phi) is 3.47. The van der Waals surface area contributed by atoms with Gasteiger partial charge < -0.3 is 5.32 Å². The van der Waals surface area contributed by atoms with E-state index in [0.717, 1.165) is 33.7 Å². The lowest BCUT2D eigenvalue weighted by Crippen LogP contribution is -2.15. The van der Waals surface area contributed by atoms with Crippen molar-refractivity contribution in [1.82, 2.24) is 14.8 Å². The number of amides is 1. The fourth-order valence-electron chi connectivity index (χ4n) is 2.37. The number of nitrogens with one attached hydrogen (secondary N) is 1. The van der Waals surface area contributed by atoms with E-state index in [4.69, 9.17) is 0 Å². The molecule has 0 saturated heterocycles. The van der Waals surface area contributed by atoms with Crippen molar-refractivity contribution in [3.8, 4) is 0 Å². The van der Waals surface area contributed by atoms with Crippen molar-refractivity contribution < 1.29 is 4.79 Å². The maximum atomic E-state index is 12.4. The third kappa shape index (κ3) is 2.42.